The lowest BCUT2D eigenvalue weighted by molar-refractivity contribution is 0.0606. The molecule has 2 N–H and O–H groups in total. The molecule has 0 bridgehead atoms. The Balaban J connectivity index is 1.76. The number of nitrogens with zero attached hydrogens (tertiary/aromatic N) is 3. The van der Waals surface area contributed by atoms with E-state index in [1.165, 1.54) is 17.9 Å². The number of H-pyrrole nitrogens is 1. The third-order valence-corrected chi connectivity index (χ3v) is 5.97. The Morgan fingerprint density at radius 3 is 2.72 bits per heavy atom. The molecule has 4 rings (SSSR count). The zero-order valence-electron chi connectivity index (χ0n) is 17.4. The molecule has 3 aromatic rings. The van der Waals surface area contributed by atoms with Gasteiger partial charge in [-0.2, -0.15) is 8.91 Å². The van der Waals surface area contributed by atoms with Gasteiger partial charge in [0, 0.05) is 12.6 Å². The number of aromatic amines is 1. The molecule has 32 heavy (non-hydrogen) atoms. The molecule has 1 aliphatic rings. The van der Waals surface area contributed by atoms with E-state index in [4.69, 9.17) is 0 Å². The lowest BCUT2D eigenvalue weighted by Gasteiger charge is -2.35. The smallest absolute Gasteiger partial charge is 0.308 e. The molecule has 0 saturated carbocycles. The SMILES string of the molecule is Cc1nc2cc([C@@H]3CCCCN3C(=O)c3cc(F)ccc3NS(C)(=O)=O)[nH]n2c(=O)c1F. The van der Waals surface area contributed by atoms with Gasteiger partial charge in [0.1, 0.15) is 5.82 Å². The Hall–Kier alpha value is -3.28. The van der Waals surface area contributed by atoms with Crippen LogP contribution >= 0.6 is 0 Å². The number of carbonyl (C=O) groups is 1. The van der Waals surface area contributed by atoms with Gasteiger partial charge in [0.15, 0.2) is 5.65 Å². The van der Waals surface area contributed by atoms with Crippen molar-refractivity contribution < 1.29 is 22.0 Å². The van der Waals surface area contributed by atoms with Crippen LogP contribution in [0.3, 0.4) is 0 Å². The van der Waals surface area contributed by atoms with Gasteiger partial charge in [-0.05, 0) is 44.4 Å². The minimum absolute atomic E-state index is 0.0320. The fourth-order valence-electron chi connectivity index (χ4n) is 3.94. The molecule has 2 aromatic heterocycles. The topological polar surface area (TPSA) is 117 Å². The number of hydrogen-bond donors (Lipinski definition) is 2. The second kappa shape index (κ2) is 8.01. The average Bonchev–Trinajstić information content (AvgIpc) is 3.16. The molecule has 0 aliphatic carbocycles. The van der Waals surface area contributed by atoms with Crippen molar-refractivity contribution in [3.05, 3.63) is 63.2 Å². The van der Waals surface area contributed by atoms with Crippen molar-refractivity contribution in [2.45, 2.75) is 32.2 Å². The standard InChI is InChI=1S/C20H21F2N5O4S/c1-11-18(22)20(29)27-17(23-11)10-15(24-27)16-5-3-4-8-26(16)19(28)13-9-12(21)6-7-14(13)25-32(2,30)31/h6-7,9-10,16,24-25H,3-5,8H2,1-2H3/t16-/m0/s1. The highest BCUT2D eigenvalue weighted by molar-refractivity contribution is 7.92. The van der Waals surface area contributed by atoms with Gasteiger partial charge in [0.2, 0.25) is 15.8 Å². The summed E-state index contributed by atoms with van der Waals surface area (Å²) in [5.74, 6) is -2.22. The first-order valence-corrected chi connectivity index (χ1v) is 11.8. The Kier molecular flexibility index (Phi) is 5.49. The third-order valence-electron chi connectivity index (χ3n) is 5.38. The Morgan fingerprint density at radius 2 is 2.00 bits per heavy atom. The zero-order valence-corrected chi connectivity index (χ0v) is 18.2. The van der Waals surface area contributed by atoms with Crippen LogP contribution in [0.15, 0.2) is 29.1 Å². The maximum Gasteiger partial charge on any atom is 0.308 e. The Bertz CT molecular complexity index is 1380. The summed E-state index contributed by atoms with van der Waals surface area (Å²) in [6, 6.07) is 4.30. The number of piperidine rings is 1. The number of likely N-dealkylation sites (tertiary alicyclic amines) is 1. The molecule has 170 valence electrons. The molecule has 12 heteroatoms. The Labute approximate surface area is 182 Å². The highest BCUT2D eigenvalue weighted by Crippen LogP contribution is 2.33. The molecule has 0 unspecified atom stereocenters. The number of aryl methyl sites for hydroxylation is 1. The van der Waals surface area contributed by atoms with Crippen LogP contribution in [-0.2, 0) is 10.0 Å². The highest BCUT2D eigenvalue weighted by atomic mass is 32.2. The van der Waals surface area contributed by atoms with E-state index in [2.05, 4.69) is 14.8 Å². The molecule has 9 nitrogen and oxygen atoms in total. The van der Waals surface area contributed by atoms with E-state index in [-0.39, 0.29) is 22.6 Å². The van der Waals surface area contributed by atoms with Gasteiger partial charge >= 0.3 is 5.56 Å². The van der Waals surface area contributed by atoms with Gasteiger partial charge in [0.05, 0.1) is 34.9 Å². The molecule has 3 heterocycles. The number of halogens is 2. The summed E-state index contributed by atoms with van der Waals surface area (Å²) in [4.78, 5) is 31.2. The van der Waals surface area contributed by atoms with Crippen LogP contribution in [-0.4, -0.2) is 46.6 Å². The summed E-state index contributed by atoms with van der Waals surface area (Å²) < 4.78 is 54.6. The average molecular weight is 465 g/mol. The minimum Gasteiger partial charge on any atom is -0.330 e. The van der Waals surface area contributed by atoms with Crippen LogP contribution in [0.4, 0.5) is 14.5 Å². The van der Waals surface area contributed by atoms with E-state index in [1.807, 2.05) is 0 Å². The van der Waals surface area contributed by atoms with Gasteiger partial charge in [-0.25, -0.2) is 17.8 Å². The van der Waals surface area contributed by atoms with E-state index in [0.29, 0.717) is 25.1 Å². The van der Waals surface area contributed by atoms with E-state index >= 15 is 0 Å². The monoisotopic (exact) mass is 465 g/mol. The number of rotatable bonds is 4. The van der Waals surface area contributed by atoms with Crippen LogP contribution in [0.25, 0.3) is 5.65 Å². The number of aromatic nitrogens is 3. The van der Waals surface area contributed by atoms with E-state index < -0.39 is 39.2 Å². The predicted molar refractivity (Wildman–Crippen MR) is 113 cm³/mol. The summed E-state index contributed by atoms with van der Waals surface area (Å²) in [5, 5.41) is 2.82. The van der Waals surface area contributed by atoms with Gasteiger partial charge in [-0.15, -0.1) is 0 Å². The Morgan fingerprint density at radius 1 is 1.25 bits per heavy atom. The van der Waals surface area contributed by atoms with Crippen molar-refractivity contribution in [3.63, 3.8) is 0 Å². The molecule has 1 amide bonds. The van der Waals surface area contributed by atoms with Crippen LogP contribution in [0.1, 0.15) is 47.1 Å². The molecule has 1 aliphatic heterocycles. The van der Waals surface area contributed by atoms with Crippen LogP contribution in [0.5, 0.6) is 0 Å². The van der Waals surface area contributed by atoms with Gasteiger partial charge in [-0.3, -0.25) is 19.4 Å². The van der Waals surface area contributed by atoms with Crippen molar-refractivity contribution in [2.24, 2.45) is 0 Å². The molecular weight excluding hydrogens is 444 g/mol. The van der Waals surface area contributed by atoms with Crippen molar-refractivity contribution in [3.8, 4) is 0 Å². The lowest BCUT2D eigenvalue weighted by atomic mass is 9.98. The molecule has 0 radical (unpaired) electrons. The number of benzene rings is 1. The first-order chi connectivity index (χ1) is 15.0. The minimum atomic E-state index is -3.70. The molecule has 1 saturated heterocycles. The second-order valence-corrected chi connectivity index (χ2v) is 9.54. The van der Waals surface area contributed by atoms with Crippen LogP contribution in [0, 0.1) is 18.6 Å². The predicted octanol–water partition coefficient (Wildman–Crippen LogP) is 2.35. The van der Waals surface area contributed by atoms with Crippen molar-refractivity contribution >= 4 is 27.3 Å². The molecule has 1 atom stereocenters. The summed E-state index contributed by atoms with van der Waals surface area (Å²) in [6.07, 6.45) is 2.96. The van der Waals surface area contributed by atoms with E-state index in [1.54, 1.807) is 6.07 Å². The van der Waals surface area contributed by atoms with Crippen molar-refractivity contribution in [2.75, 3.05) is 17.5 Å². The van der Waals surface area contributed by atoms with Crippen LogP contribution in [0.2, 0.25) is 0 Å². The first kappa shape index (κ1) is 21.9. The van der Waals surface area contributed by atoms with Crippen molar-refractivity contribution in [1.82, 2.24) is 19.5 Å². The number of sulfonamides is 1. The third kappa shape index (κ3) is 4.09. The summed E-state index contributed by atoms with van der Waals surface area (Å²) in [6.45, 7) is 1.73. The lowest BCUT2D eigenvalue weighted by Crippen LogP contribution is -2.39. The maximum absolute atomic E-state index is 14.0. The molecule has 1 fully saturated rings. The fourth-order valence-corrected chi connectivity index (χ4v) is 4.52. The largest absolute Gasteiger partial charge is 0.330 e. The van der Waals surface area contributed by atoms with Gasteiger partial charge < -0.3 is 4.90 Å². The molecule has 0 spiro atoms. The van der Waals surface area contributed by atoms with E-state index in [0.717, 1.165) is 29.3 Å². The summed E-state index contributed by atoms with van der Waals surface area (Å²) in [7, 11) is -3.70. The molecule has 1 aromatic carbocycles. The number of carbonyl (C=O) groups excluding carboxylic acids is 1. The number of amides is 1. The molecular formula is C20H21F2N5O4S. The fraction of sp³-hybridized carbons (Fsp3) is 0.350. The number of hydrogen-bond acceptors (Lipinski definition) is 5. The van der Waals surface area contributed by atoms with Gasteiger partial charge in [0.25, 0.3) is 5.91 Å². The summed E-state index contributed by atoms with van der Waals surface area (Å²) in [5.41, 5.74) is -0.384. The first-order valence-electron chi connectivity index (χ1n) is 9.91. The van der Waals surface area contributed by atoms with Crippen LogP contribution < -0.4 is 10.3 Å². The quantitative estimate of drug-likeness (QED) is 0.614. The number of fused-ring (bicyclic) bond motifs is 1. The maximum atomic E-state index is 14.0. The zero-order chi connectivity index (χ0) is 23.2. The number of nitrogens with one attached hydrogen (secondary N) is 2. The summed E-state index contributed by atoms with van der Waals surface area (Å²) >= 11 is 0. The normalized spacial score (nSPS) is 17.0. The van der Waals surface area contributed by atoms with E-state index in [9.17, 15) is 26.8 Å². The highest BCUT2D eigenvalue weighted by Gasteiger charge is 2.32. The number of anilines is 1. The second-order valence-electron chi connectivity index (χ2n) is 7.80. The van der Waals surface area contributed by atoms with Crippen molar-refractivity contribution in [1.29, 1.82) is 0 Å². The van der Waals surface area contributed by atoms with Gasteiger partial charge in [-0.1, -0.05) is 0 Å².